The van der Waals surface area contributed by atoms with Crippen LogP contribution in [0.4, 0.5) is 0 Å². The number of benzene rings is 1. The molecule has 0 bridgehead atoms. The molecule has 3 fully saturated rings. The van der Waals surface area contributed by atoms with Gasteiger partial charge in [-0.15, -0.1) is 0 Å². The maximum atomic E-state index is 13.1. The Morgan fingerprint density at radius 2 is 1.29 bits per heavy atom. The van der Waals surface area contributed by atoms with Gasteiger partial charge in [0.05, 0.1) is 29.5 Å². The number of sulfonamides is 2. The van der Waals surface area contributed by atoms with Crippen molar-refractivity contribution < 1.29 is 26.4 Å². The maximum Gasteiger partial charge on any atom is 0.243 e. The van der Waals surface area contributed by atoms with Crippen molar-refractivity contribution in [3.8, 4) is 0 Å². The first-order valence-corrected chi connectivity index (χ1v) is 14.8. The third kappa shape index (κ3) is 5.97. The number of carbonyl (C=O) groups excluding carboxylic acids is 1. The Morgan fingerprint density at radius 3 is 1.82 bits per heavy atom. The first-order chi connectivity index (χ1) is 16.3. The Morgan fingerprint density at radius 1 is 0.794 bits per heavy atom. The number of carbonyl (C=O) groups is 1. The molecule has 1 aliphatic carbocycles. The highest BCUT2D eigenvalue weighted by Crippen LogP contribution is 2.22. The van der Waals surface area contributed by atoms with Crippen molar-refractivity contribution in [2.75, 3.05) is 59.0 Å². The van der Waals surface area contributed by atoms with Crippen LogP contribution in [-0.2, 0) is 29.6 Å². The number of nitrogens with zero attached hydrogens (tertiary/aromatic N) is 3. The average Bonchev–Trinajstić information content (AvgIpc) is 2.85. The van der Waals surface area contributed by atoms with E-state index >= 15 is 0 Å². The predicted molar refractivity (Wildman–Crippen MR) is 126 cm³/mol. The molecule has 12 heteroatoms. The van der Waals surface area contributed by atoms with E-state index in [-0.39, 0.29) is 54.5 Å². The lowest BCUT2D eigenvalue weighted by atomic mass is 9.95. The fourth-order valence-electron chi connectivity index (χ4n) is 4.72. The van der Waals surface area contributed by atoms with Gasteiger partial charge in [-0.3, -0.25) is 9.69 Å². The number of nitrogens with one attached hydrogen (secondary N) is 1. The number of ether oxygens (including phenoxy) is 1. The molecule has 1 amide bonds. The van der Waals surface area contributed by atoms with E-state index < -0.39 is 20.0 Å². The topological polar surface area (TPSA) is 116 Å². The third-order valence-corrected chi connectivity index (χ3v) is 10.6. The van der Waals surface area contributed by atoms with E-state index in [4.69, 9.17) is 4.74 Å². The molecule has 0 atom stereocenters. The number of amides is 1. The molecule has 0 spiro atoms. The van der Waals surface area contributed by atoms with Crippen molar-refractivity contribution in [1.82, 2.24) is 18.8 Å². The summed E-state index contributed by atoms with van der Waals surface area (Å²) in [5.74, 6) is 0.000253. The molecular weight excluding hydrogens is 480 g/mol. The van der Waals surface area contributed by atoms with Gasteiger partial charge in [-0.05, 0) is 37.1 Å². The van der Waals surface area contributed by atoms with Crippen LogP contribution in [0.15, 0.2) is 34.1 Å². The summed E-state index contributed by atoms with van der Waals surface area (Å²) < 4.78 is 59.7. The summed E-state index contributed by atoms with van der Waals surface area (Å²) in [5, 5.41) is 3.10. The number of piperazine rings is 1. The molecule has 0 unspecified atom stereocenters. The number of morpholine rings is 1. The van der Waals surface area contributed by atoms with E-state index in [1.54, 1.807) is 0 Å². The van der Waals surface area contributed by atoms with Gasteiger partial charge < -0.3 is 10.1 Å². The first-order valence-electron chi connectivity index (χ1n) is 12.0. The Kier molecular flexibility index (Phi) is 8.26. The monoisotopic (exact) mass is 514 g/mol. The van der Waals surface area contributed by atoms with Crippen LogP contribution in [0.1, 0.15) is 32.1 Å². The summed E-state index contributed by atoms with van der Waals surface area (Å²) in [7, 11) is -7.42. The Bertz CT molecular complexity index is 1040. The summed E-state index contributed by atoms with van der Waals surface area (Å²) in [6.45, 7) is 3.05. The SMILES string of the molecule is O=C(CN1CCN(S(=O)(=O)c2ccc(S(=O)(=O)N3CCOCC3)cc2)CC1)NC1CCCCC1. The fraction of sp³-hybridized carbons (Fsp3) is 0.682. The molecule has 1 aromatic rings. The van der Waals surface area contributed by atoms with Crippen LogP contribution in [0.2, 0.25) is 0 Å². The van der Waals surface area contributed by atoms with Crippen LogP contribution < -0.4 is 5.32 Å². The lowest BCUT2D eigenvalue weighted by Gasteiger charge is -2.34. The van der Waals surface area contributed by atoms with Gasteiger partial charge >= 0.3 is 0 Å². The molecule has 2 heterocycles. The number of hydrogen-bond donors (Lipinski definition) is 1. The van der Waals surface area contributed by atoms with E-state index in [1.807, 2.05) is 4.90 Å². The minimum atomic E-state index is -3.75. The maximum absolute atomic E-state index is 13.1. The summed E-state index contributed by atoms with van der Waals surface area (Å²) in [5.41, 5.74) is 0. The van der Waals surface area contributed by atoms with Gasteiger partial charge in [0, 0.05) is 45.3 Å². The average molecular weight is 515 g/mol. The van der Waals surface area contributed by atoms with Gasteiger partial charge in [0.25, 0.3) is 0 Å². The number of rotatable bonds is 7. The standard InChI is InChI=1S/C22H34N4O6S2/c27-22(23-19-4-2-1-3-5-19)18-24-10-12-25(13-11-24)33(28,29)20-6-8-21(9-7-20)34(30,31)26-14-16-32-17-15-26/h6-9,19H,1-5,10-18H2,(H,23,27). The second-order valence-electron chi connectivity index (χ2n) is 9.07. The van der Waals surface area contributed by atoms with Gasteiger partial charge in [0.15, 0.2) is 0 Å². The molecule has 10 nitrogen and oxygen atoms in total. The Hall–Kier alpha value is -1.57. The zero-order chi connectivity index (χ0) is 24.2. The van der Waals surface area contributed by atoms with Gasteiger partial charge in [0.2, 0.25) is 26.0 Å². The van der Waals surface area contributed by atoms with Gasteiger partial charge in [0.1, 0.15) is 0 Å². The lowest BCUT2D eigenvalue weighted by Crippen LogP contribution is -2.51. The van der Waals surface area contributed by atoms with Crippen LogP contribution in [0.3, 0.4) is 0 Å². The fourth-order valence-corrected chi connectivity index (χ4v) is 7.55. The molecule has 34 heavy (non-hydrogen) atoms. The largest absolute Gasteiger partial charge is 0.379 e. The van der Waals surface area contributed by atoms with Crippen LogP contribution in [-0.4, -0.2) is 101 Å². The van der Waals surface area contributed by atoms with Crippen LogP contribution in [0, 0.1) is 0 Å². The van der Waals surface area contributed by atoms with Crippen LogP contribution in [0.5, 0.6) is 0 Å². The number of hydrogen-bond acceptors (Lipinski definition) is 7. The van der Waals surface area contributed by atoms with Gasteiger partial charge in [-0.1, -0.05) is 19.3 Å². The van der Waals surface area contributed by atoms with Crippen molar-refractivity contribution in [2.24, 2.45) is 0 Å². The minimum Gasteiger partial charge on any atom is -0.379 e. The molecule has 190 valence electrons. The molecule has 2 aliphatic heterocycles. The highest BCUT2D eigenvalue weighted by Gasteiger charge is 2.31. The van der Waals surface area contributed by atoms with Crippen molar-refractivity contribution in [3.05, 3.63) is 24.3 Å². The van der Waals surface area contributed by atoms with Crippen molar-refractivity contribution in [3.63, 3.8) is 0 Å². The van der Waals surface area contributed by atoms with Crippen molar-refractivity contribution >= 4 is 26.0 Å². The lowest BCUT2D eigenvalue weighted by molar-refractivity contribution is -0.123. The molecule has 2 saturated heterocycles. The highest BCUT2D eigenvalue weighted by molar-refractivity contribution is 7.89. The van der Waals surface area contributed by atoms with E-state index in [2.05, 4.69) is 5.32 Å². The summed E-state index contributed by atoms with van der Waals surface area (Å²) in [4.78, 5) is 14.5. The van der Waals surface area contributed by atoms with Crippen molar-refractivity contribution in [1.29, 1.82) is 0 Å². The third-order valence-electron chi connectivity index (χ3n) is 6.74. The van der Waals surface area contributed by atoms with Gasteiger partial charge in [-0.2, -0.15) is 8.61 Å². The van der Waals surface area contributed by atoms with E-state index in [9.17, 15) is 21.6 Å². The Balaban J connectivity index is 1.31. The quantitative estimate of drug-likeness (QED) is 0.562. The molecule has 1 saturated carbocycles. The first kappa shape index (κ1) is 25.5. The molecule has 0 aromatic heterocycles. The molecule has 1 N–H and O–H groups in total. The zero-order valence-electron chi connectivity index (χ0n) is 19.4. The van der Waals surface area contributed by atoms with E-state index in [0.717, 1.165) is 25.7 Å². The molecule has 1 aromatic carbocycles. The van der Waals surface area contributed by atoms with E-state index in [1.165, 1.54) is 39.3 Å². The predicted octanol–water partition coefficient (Wildman–Crippen LogP) is 0.463. The minimum absolute atomic E-state index is 0.000253. The Labute approximate surface area is 202 Å². The second-order valence-corrected chi connectivity index (χ2v) is 12.9. The second kappa shape index (κ2) is 11.0. The summed E-state index contributed by atoms with van der Waals surface area (Å²) in [6, 6.07) is 5.67. The molecule has 4 rings (SSSR count). The van der Waals surface area contributed by atoms with Crippen LogP contribution in [0.25, 0.3) is 0 Å². The summed E-state index contributed by atoms with van der Waals surface area (Å²) in [6.07, 6.45) is 5.60. The van der Waals surface area contributed by atoms with E-state index in [0.29, 0.717) is 26.3 Å². The summed E-state index contributed by atoms with van der Waals surface area (Å²) >= 11 is 0. The van der Waals surface area contributed by atoms with Crippen LogP contribution >= 0.6 is 0 Å². The zero-order valence-corrected chi connectivity index (χ0v) is 21.0. The molecule has 0 radical (unpaired) electrons. The normalized spacial score (nSPS) is 22.5. The van der Waals surface area contributed by atoms with Crippen molar-refractivity contribution in [2.45, 2.75) is 47.9 Å². The molecular formula is C22H34N4O6S2. The highest BCUT2D eigenvalue weighted by atomic mass is 32.2. The smallest absolute Gasteiger partial charge is 0.243 e. The van der Waals surface area contributed by atoms with Gasteiger partial charge in [-0.25, -0.2) is 16.8 Å². The molecule has 3 aliphatic rings.